The molecule has 2 aliphatic carbocycles. The van der Waals surface area contributed by atoms with E-state index in [-0.39, 0.29) is 11.9 Å². The second kappa shape index (κ2) is 8.12. The molecule has 7 nitrogen and oxygen atoms in total. The molecule has 0 spiro atoms. The predicted molar refractivity (Wildman–Crippen MR) is 102 cm³/mol. The van der Waals surface area contributed by atoms with Crippen LogP contribution in [0.4, 0.5) is 0 Å². The Morgan fingerprint density at radius 3 is 2.08 bits per heavy atom. The quantitative estimate of drug-likeness (QED) is 0.789. The third-order valence-corrected chi connectivity index (χ3v) is 8.52. The summed E-state index contributed by atoms with van der Waals surface area (Å²) in [6.07, 6.45) is 9.94. The first kappa shape index (κ1) is 20.0. The summed E-state index contributed by atoms with van der Waals surface area (Å²) >= 11 is 0. The number of nitrogens with two attached hydrogens (primary N) is 1. The minimum absolute atomic E-state index is 0.00915. The Bertz CT molecular complexity index is 590. The van der Waals surface area contributed by atoms with Crippen molar-refractivity contribution in [2.75, 3.05) is 33.2 Å². The van der Waals surface area contributed by atoms with Crippen LogP contribution < -0.4 is 5.73 Å². The van der Waals surface area contributed by atoms with Crippen LogP contribution in [-0.4, -0.2) is 72.6 Å². The molecular weight excluding hydrogens is 352 g/mol. The first-order valence-electron chi connectivity index (χ1n) is 10.2. The monoisotopic (exact) mass is 386 g/mol. The zero-order chi connectivity index (χ0) is 18.8. The van der Waals surface area contributed by atoms with Crippen molar-refractivity contribution in [1.82, 2.24) is 13.5 Å². The van der Waals surface area contributed by atoms with Crippen LogP contribution in [0.15, 0.2) is 0 Å². The van der Waals surface area contributed by atoms with Gasteiger partial charge in [0.15, 0.2) is 0 Å². The summed E-state index contributed by atoms with van der Waals surface area (Å²) < 4.78 is 29.0. The number of piperazine rings is 1. The van der Waals surface area contributed by atoms with Crippen molar-refractivity contribution in [3.63, 3.8) is 0 Å². The molecule has 0 bridgehead atoms. The lowest BCUT2D eigenvalue weighted by Crippen LogP contribution is -2.61. The summed E-state index contributed by atoms with van der Waals surface area (Å²) in [7, 11) is -1.75. The van der Waals surface area contributed by atoms with Crippen LogP contribution in [-0.2, 0) is 15.0 Å². The maximum absolute atomic E-state index is 12.9. The number of amides is 1. The van der Waals surface area contributed by atoms with Gasteiger partial charge in [0, 0.05) is 39.3 Å². The van der Waals surface area contributed by atoms with E-state index in [0.717, 1.165) is 57.8 Å². The lowest BCUT2D eigenvalue weighted by Gasteiger charge is -2.42. The van der Waals surface area contributed by atoms with Gasteiger partial charge in [0.1, 0.15) is 0 Å². The molecule has 2 N–H and O–H groups in total. The Kier molecular flexibility index (Phi) is 6.26. The van der Waals surface area contributed by atoms with E-state index in [1.54, 1.807) is 16.3 Å². The predicted octanol–water partition coefficient (Wildman–Crippen LogP) is 1.30. The normalized spacial score (nSPS) is 26.2. The van der Waals surface area contributed by atoms with Gasteiger partial charge in [-0.15, -0.1) is 0 Å². The van der Waals surface area contributed by atoms with Gasteiger partial charge in [-0.25, -0.2) is 0 Å². The van der Waals surface area contributed by atoms with Crippen molar-refractivity contribution >= 4 is 16.1 Å². The van der Waals surface area contributed by atoms with Gasteiger partial charge >= 0.3 is 0 Å². The Hall–Kier alpha value is -0.700. The molecule has 0 aromatic rings. The Balaban J connectivity index is 1.57. The van der Waals surface area contributed by atoms with E-state index in [4.69, 9.17) is 5.73 Å². The number of nitrogens with zero attached hydrogens (tertiary/aromatic N) is 3. The van der Waals surface area contributed by atoms with Crippen molar-refractivity contribution < 1.29 is 13.2 Å². The van der Waals surface area contributed by atoms with Crippen LogP contribution >= 0.6 is 0 Å². The molecule has 26 heavy (non-hydrogen) atoms. The van der Waals surface area contributed by atoms with Crippen molar-refractivity contribution in [2.45, 2.75) is 75.8 Å². The highest BCUT2D eigenvalue weighted by atomic mass is 32.2. The molecule has 1 heterocycles. The highest BCUT2D eigenvalue weighted by Gasteiger charge is 2.41. The van der Waals surface area contributed by atoms with E-state index in [9.17, 15) is 13.2 Å². The Morgan fingerprint density at radius 1 is 0.962 bits per heavy atom. The summed E-state index contributed by atoms with van der Waals surface area (Å²) in [5.41, 5.74) is 5.63. The lowest BCUT2D eigenvalue weighted by molar-refractivity contribution is -0.139. The van der Waals surface area contributed by atoms with E-state index in [1.165, 1.54) is 10.7 Å². The highest BCUT2D eigenvalue weighted by Crippen LogP contribution is 2.29. The van der Waals surface area contributed by atoms with Gasteiger partial charge in [0.25, 0.3) is 10.2 Å². The van der Waals surface area contributed by atoms with Gasteiger partial charge in [-0.1, -0.05) is 38.5 Å². The average molecular weight is 387 g/mol. The third kappa shape index (κ3) is 4.08. The standard InChI is InChI=1S/C18H34N4O3S/c1-20(16-8-4-2-5-9-16)26(24,25)22-14-12-21(13-15-22)17(23)18(19)10-6-3-7-11-18/h16H,2-15,19H2,1H3. The van der Waals surface area contributed by atoms with Gasteiger partial charge in [0.05, 0.1) is 5.54 Å². The molecule has 3 fully saturated rings. The van der Waals surface area contributed by atoms with Crippen LogP contribution in [0.1, 0.15) is 64.2 Å². The minimum Gasteiger partial charge on any atom is -0.338 e. The van der Waals surface area contributed by atoms with Crippen LogP contribution in [0.5, 0.6) is 0 Å². The van der Waals surface area contributed by atoms with Gasteiger partial charge in [-0.05, 0) is 25.7 Å². The molecule has 0 radical (unpaired) electrons. The number of carbonyl (C=O) groups excluding carboxylic acids is 1. The van der Waals surface area contributed by atoms with Gasteiger partial charge < -0.3 is 10.6 Å². The molecule has 1 aliphatic heterocycles. The zero-order valence-corrected chi connectivity index (χ0v) is 16.8. The molecule has 0 atom stereocenters. The number of hydrogen-bond acceptors (Lipinski definition) is 4. The van der Waals surface area contributed by atoms with Crippen LogP contribution in [0.3, 0.4) is 0 Å². The topological polar surface area (TPSA) is 87.0 Å². The first-order chi connectivity index (χ1) is 12.3. The van der Waals surface area contributed by atoms with E-state index in [2.05, 4.69) is 0 Å². The second-order valence-electron chi connectivity index (χ2n) is 8.22. The molecule has 0 aromatic carbocycles. The van der Waals surface area contributed by atoms with Gasteiger partial charge in [0.2, 0.25) is 5.91 Å². The first-order valence-corrected chi connectivity index (χ1v) is 11.6. The molecule has 0 aromatic heterocycles. The second-order valence-corrected chi connectivity index (χ2v) is 10.2. The van der Waals surface area contributed by atoms with Crippen molar-refractivity contribution in [3.8, 4) is 0 Å². The molecular formula is C18H34N4O3S. The highest BCUT2D eigenvalue weighted by molar-refractivity contribution is 7.86. The van der Waals surface area contributed by atoms with Gasteiger partial charge in [-0.3, -0.25) is 4.79 Å². The summed E-state index contributed by atoms with van der Waals surface area (Å²) in [4.78, 5) is 14.6. The molecule has 2 saturated carbocycles. The number of hydrogen-bond donors (Lipinski definition) is 1. The maximum Gasteiger partial charge on any atom is 0.282 e. The summed E-state index contributed by atoms with van der Waals surface area (Å²) in [5, 5.41) is 0. The minimum atomic E-state index is -3.45. The van der Waals surface area contributed by atoms with Crippen LogP contribution in [0.2, 0.25) is 0 Å². The van der Waals surface area contributed by atoms with Crippen LogP contribution in [0.25, 0.3) is 0 Å². The molecule has 0 unspecified atom stereocenters. The summed E-state index contributed by atoms with van der Waals surface area (Å²) in [5.74, 6) is 0.00915. The Morgan fingerprint density at radius 2 is 1.50 bits per heavy atom. The fourth-order valence-corrected chi connectivity index (χ4v) is 6.23. The van der Waals surface area contributed by atoms with E-state index in [0.29, 0.717) is 26.2 Å². The molecule has 8 heteroatoms. The van der Waals surface area contributed by atoms with Crippen molar-refractivity contribution in [1.29, 1.82) is 0 Å². The average Bonchev–Trinajstić information content (AvgIpc) is 2.68. The van der Waals surface area contributed by atoms with Gasteiger partial charge in [-0.2, -0.15) is 17.0 Å². The summed E-state index contributed by atoms with van der Waals surface area (Å²) in [6.45, 7) is 1.60. The molecule has 1 amide bonds. The Labute approximate surface area is 158 Å². The maximum atomic E-state index is 12.9. The molecule has 3 aliphatic rings. The number of carbonyl (C=O) groups is 1. The third-order valence-electron chi connectivity index (χ3n) is 6.48. The smallest absolute Gasteiger partial charge is 0.282 e. The van der Waals surface area contributed by atoms with Crippen molar-refractivity contribution in [3.05, 3.63) is 0 Å². The number of rotatable bonds is 4. The summed E-state index contributed by atoms with van der Waals surface area (Å²) in [6, 6.07) is 0.114. The fraction of sp³-hybridized carbons (Fsp3) is 0.944. The SMILES string of the molecule is CN(C1CCCCC1)S(=O)(=O)N1CCN(C(=O)C2(N)CCCCC2)CC1. The largest absolute Gasteiger partial charge is 0.338 e. The fourth-order valence-electron chi connectivity index (χ4n) is 4.65. The molecule has 1 saturated heterocycles. The molecule has 150 valence electrons. The van der Waals surface area contributed by atoms with E-state index < -0.39 is 15.7 Å². The molecule has 3 rings (SSSR count). The lowest BCUT2D eigenvalue weighted by atomic mass is 9.81. The van der Waals surface area contributed by atoms with E-state index >= 15 is 0 Å². The zero-order valence-electron chi connectivity index (χ0n) is 16.0. The van der Waals surface area contributed by atoms with Crippen LogP contribution in [0, 0.1) is 0 Å². The van der Waals surface area contributed by atoms with E-state index in [1.807, 2.05) is 0 Å². The van der Waals surface area contributed by atoms with Crippen molar-refractivity contribution in [2.24, 2.45) is 5.73 Å².